The maximum atomic E-state index is 4.40. The van der Waals surface area contributed by atoms with Crippen LogP contribution in [0.3, 0.4) is 0 Å². The van der Waals surface area contributed by atoms with Crippen LogP contribution in [0.5, 0.6) is 0 Å². The lowest BCUT2D eigenvalue weighted by atomic mass is 10.0. The van der Waals surface area contributed by atoms with Crippen molar-refractivity contribution in [2.75, 3.05) is 6.54 Å². The Morgan fingerprint density at radius 1 is 0.962 bits per heavy atom. The van der Waals surface area contributed by atoms with Crippen LogP contribution < -0.4 is 5.32 Å². The molecule has 1 aliphatic heterocycles. The average molecular weight is 347 g/mol. The summed E-state index contributed by atoms with van der Waals surface area (Å²) in [6, 6.07) is 12.8. The third-order valence-corrected chi connectivity index (χ3v) is 4.98. The maximum Gasteiger partial charge on any atom is 0.134 e. The van der Waals surface area contributed by atoms with Gasteiger partial charge in [0.1, 0.15) is 11.6 Å². The Hall–Kier alpha value is -2.53. The van der Waals surface area contributed by atoms with Crippen LogP contribution >= 0.6 is 0 Å². The highest BCUT2D eigenvalue weighted by Crippen LogP contribution is 2.19. The Balaban J connectivity index is 1.32. The SMILES string of the molecule is c1cc(CNCCc2nnc3n2CCCCC3)cc(-c2ccncc2)c1. The summed E-state index contributed by atoms with van der Waals surface area (Å²) in [5.41, 5.74) is 3.72. The minimum absolute atomic E-state index is 0.861. The Labute approximate surface area is 154 Å². The number of hydrogen-bond acceptors (Lipinski definition) is 4. The van der Waals surface area contributed by atoms with E-state index in [4.69, 9.17) is 0 Å². The number of nitrogens with zero attached hydrogens (tertiary/aromatic N) is 4. The molecule has 0 aliphatic carbocycles. The van der Waals surface area contributed by atoms with Gasteiger partial charge in [-0.3, -0.25) is 4.98 Å². The van der Waals surface area contributed by atoms with Gasteiger partial charge in [0.2, 0.25) is 0 Å². The monoisotopic (exact) mass is 347 g/mol. The molecule has 3 aromatic rings. The number of fused-ring (bicyclic) bond motifs is 1. The van der Waals surface area contributed by atoms with Crippen LogP contribution in [0, 0.1) is 0 Å². The predicted molar refractivity (Wildman–Crippen MR) is 103 cm³/mol. The fourth-order valence-corrected chi connectivity index (χ4v) is 3.57. The van der Waals surface area contributed by atoms with Crippen molar-refractivity contribution in [2.45, 2.75) is 45.2 Å². The van der Waals surface area contributed by atoms with Crippen molar-refractivity contribution in [1.29, 1.82) is 0 Å². The van der Waals surface area contributed by atoms with Gasteiger partial charge >= 0.3 is 0 Å². The fraction of sp³-hybridized carbons (Fsp3) is 0.381. The molecule has 1 aromatic carbocycles. The van der Waals surface area contributed by atoms with Crippen LogP contribution in [0.15, 0.2) is 48.8 Å². The van der Waals surface area contributed by atoms with Gasteiger partial charge in [-0.2, -0.15) is 0 Å². The molecule has 1 aliphatic rings. The number of aromatic nitrogens is 4. The van der Waals surface area contributed by atoms with E-state index >= 15 is 0 Å². The average Bonchev–Trinajstić information content (AvgIpc) is 2.92. The largest absolute Gasteiger partial charge is 0.315 e. The second-order valence-electron chi connectivity index (χ2n) is 6.86. The zero-order valence-corrected chi connectivity index (χ0v) is 15.1. The summed E-state index contributed by atoms with van der Waals surface area (Å²) >= 11 is 0. The number of rotatable bonds is 6. The highest BCUT2D eigenvalue weighted by atomic mass is 15.3. The van der Waals surface area contributed by atoms with Crippen LogP contribution in [-0.2, 0) is 25.9 Å². The minimum atomic E-state index is 0.861. The topological polar surface area (TPSA) is 55.6 Å². The van der Waals surface area contributed by atoms with E-state index in [1.807, 2.05) is 24.5 Å². The normalized spacial score (nSPS) is 14.0. The molecule has 1 N–H and O–H groups in total. The molecular weight excluding hydrogens is 322 g/mol. The summed E-state index contributed by atoms with van der Waals surface area (Å²) in [7, 11) is 0. The summed E-state index contributed by atoms with van der Waals surface area (Å²) in [6.45, 7) is 2.85. The van der Waals surface area contributed by atoms with Crippen molar-refractivity contribution in [3.05, 3.63) is 66.0 Å². The lowest BCUT2D eigenvalue weighted by molar-refractivity contribution is 0.587. The van der Waals surface area contributed by atoms with Crippen LogP contribution in [0.2, 0.25) is 0 Å². The quantitative estimate of drug-likeness (QED) is 0.695. The van der Waals surface area contributed by atoms with E-state index in [1.165, 1.54) is 41.8 Å². The highest BCUT2D eigenvalue weighted by molar-refractivity contribution is 5.63. The molecule has 0 atom stereocenters. The second kappa shape index (κ2) is 8.23. The molecule has 5 heteroatoms. The third kappa shape index (κ3) is 3.99. The summed E-state index contributed by atoms with van der Waals surface area (Å²) in [6.07, 6.45) is 9.45. The standard InChI is InChI=1S/C21H25N5/c1-2-7-20-24-25-21(26(20)14-3-1)10-13-23-16-17-5-4-6-19(15-17)18-8-11-22-12-9-18/h4-6,8-9,11-12,15,23H,1-3,7,10,13-14,16H2. The van der Waals surface area contributed by atoms with Crippen molar-refractivity contribution in [2.24, 2.45) is 0 Å². The van der Waals surface area contributed by atoms with E-state index in [-0.39, 0.29) is 0 Å². The van der Waals surface area contributed by atoms with Crippen molar-refractivity contribution in [3.8, 4) is 11.1 Å². The molecular formula is C21H25N5. The fourth-order valence-electron chi connectivity index (χ4n) is 3.57. The zero-order chi connectivity index (χ0) is 17.6. The summed E-state index contributed by atoms with van der Waals surface area (Å²) < 4.78 is 2.33. The summed E-state index contributed by atoms with van der Waals surface area (Å²) in [4.78, 5) is 4.09. The van der Waals surface area contributed by atoms with E-state index < -0.39 is 0 Å². The molecule has 26 heavy (non-hydrogen) atoms. The molecule has 5 nitrogen and oxygen atoms in total. The van der Waals surface area contributed by atoms with E-state index in [0.29, 0.717) is 0 Å². The van der Waals surface area contributed by atoms with E-state index in [0.717, 1.165) is 38.3 Å². The van der Waals surface area contributed by atoms with Gasteiger partial charge in [-0.05, 0) is 47.7 Å². The van der Waals surface area contributed by atoms with Gasteiger partial charge < -0.3 is 9.88 Å². The third-order valence-electron chi connectivity index (χ3n) is 4.98. The lowest BCUT2D eigenvalue weighted by Crippen LogP contribution is -2.19. The van der Waals surface area contributed by atoms with Crippen molar-refractivity contribution >= 4 is 0 Å². The van der Waals surface area contributed by atoms with E-state index in [2.05, 4.69) is 49.3 Å². The molecule has 0 bridgehead atoms. The first-order valence-electron chi connectivity index (χ1n) is 9.51. The first-order valence-corrected chi connectivity index (χ1v) is 9.51. The van der Waals surface area contributed by atoms with Crippen LogP contribution in [-0.4, -0.2) is 26.3 Å². The Morgan fingerprint density at radius 2 is 1.88 bits per heavy atom. The first kappa shape index (κ1) is 16.9. The molecule has 2 aromatic heterocycles. The zero-order valence-electron chi connectivity index (χ0n) is 15.1. The number of pyridine rings is 1. The first-order chi connectivity index (χ1) is 12.9. The van der Waals surface area contributed by atoms with Gasteiger partial charge in [-0.25, -0.2) is 0 Å². The van der Waals surface area contributed by atoms with Crippen LogP contribution in [0.1, 0.15) is 36.5 Å². The smallest absolute Gasteiger partial charge is 0.134 e. The molecule has 4 rings (SSSR count). The molecule has 0 unspecified atom stereocenters. The Kier molecular flexibility index (Phi) is 5.36. The van der Waals surface area contributed by atoms with Crippen LogP contribution in [0.4, 0.5) is 0 Å². The molecule has 0 saturated heterocycles. The van der Waals surface area contributed by atoms with Gasteiger partial charge in [0, 0.05) is 44.9 Å². The molecule has 134 valence electrons. The van der Waals surface area contributed by atoms with E-state index in [9.17, 15) is 0 Å². The number of aryl methyl sites for hydroxylation is 1. The van der Waals surface area contributed by atoms with Crippen molar-refractivity contribution in [1.82, 2.24) is 25.1 Å². The summed E-state index contributed by atoms with van der Waals surface area (Å²) in [5.74, 6) is 2.29. The molecule has 0 spiro atoms. The highest BCUT2D eigenvalue weighted by Gasteiger charge is 2.13. The summed E-state index contributed by atoms with van der Waals surface area (Å²) in [5, 5.41) is 12.3. The predicted octanol–water partition coefficient (Wildman–Crippen LogP) is 3.40. The number of benzene rings is 1. The van der Waals surface area contributed by atoms with Crippen molar-refractivity contribution < 1.29 is 0 Å². The van der Waals surface area contributed by atoms with Gasteiger partial charge in [0.15, 0.2) is 0 Å². The van der Waals surface area contributed by atoms with Gasteiger partial charge in [0.05, 0.1) is 0 Å². The second-order valence-corrected chi connectivity index (χ2v) is 6.86. The Bertz CT molecular complexity index is 841. The van der Waals surface area contributed by atoms with Gasteiger partial charge in [-0.15, -0.1) is 10.2 Å². The number of hydrogen-bond donors (Lipinski definition) is 1. The molecule has 0 radical (unpaired) electrons. The lowest BCUT2D eigenvalue weighted by Gasteiger charge is -2.09. The molecule has 0 saturated carbocycles. The minimum Gasteiger partial charge on any atom is -0.315 e. The van der Waals surface area contributed by atoms with Crippen molar-refractivity contribution in [3.63, 3.8) is 0 Å². The Morgan fingerprint density at radius 3 is 2.81 bits per heavy atom. The van der Waals surface area contributed by atoms with Crippen LogP contribution in [0.25, 0.3) is 11.1 Å². The maximum absolute atomic E-state index is 4.40. The molecule has 3 heterocycles. The molecule has 0 amide bonds. The van der Waals surface area contributed by atoms with E-state index in [1.54, 1.807) is 0 Å². The number of nitrogens with one attached hydrogen (secondary N) is 1. The van der Waals surface area contributed by atoms with Gasteiger partial charge in [-0.1, -0.05) is 24.6 Å². The van der Waals surface area contributed by atoms with Gasteiger partial charge in [0.25, 0.3) is 0 Å². The molecule has 0 fully saturated rings.